The second-order valence-electron chi connectivity index (χ2n) is 4.91. The number of carbonyl (C=O) groups is 1. The molecule has 0 unspecified atom stereocenters. The summed E-state index contributed by atoms with van der Waals surface area (Å²) < 4.78 is 17.2. The monoisotopic (exact) mass is 329 g/mol. The summed E-state index contributed by atoms with van der Waals surface area (Å²) >= 11 is 3.19. The summed E-state index contributed by atoms with van der Waals surface area (Å²) in [5.74, 6) is 0.153. The molecule has 0 spiro atoms. The topological polar surface area (TPSA) is 60.7 Å². The van der Waals surface area contributed by atoms with Crippen molar-refractivity contribution in [2.24, 2.45) is 0 Å². The summed E-state index contributed by atoms with van der Waals surface area (Å²) in [4.78, 5) is 12.0. The number of hydrogen-bond acceptors (Lipinski definition) is 4. The van der Waals surface area contributed by atoms with E-state index < -0.39 is 0 Å². The molecule has 0 radical (unpaired) electrons. The van der Waals surface area contributed by atoms with Crippen LogP contribution in [0.5, 0.6) is 0 Å². The lowest BCUT2D eigenvalue weighted by Crippen LogP contribution is -2.49. The molecule has 5 nitrogen and oxygen atoms in total. The molecule has 2 heterocycles. The lowest BCUT2D eigenvalue weighted by atomic mass is 9.89. The van der Waals surface area contributed by atoms with E-state index in [4.69, 9.17) is 13.9 Å². The summed E-state index contributed by atoms with van der Waals surface area (Å²) in [7, 11) is 0. The van der Waals surface area contributed by atoms with Gasteiger partial charge in [0.05, 0.1) is 25.4 Å². The molecule has 1 aromatic heterocycles. The van der Waals surface area contributed by atoms with Gasteiger partial charge in [-0.05, 0) is 47.3 Å². The highest BCUT2D eigenvalue weighted by molar-refractivity contribution is 9.10. The molecular formula is C13H16BrNO4. The highest BCUT2D eigenvalue weighted by atomic mass is 79.9. The van der Waals surface area contributed by atoms with Crippen LogP contribution in [0.1, 0.15) is 29.8 Å². The Kier molecular flexibility index (Phi) is 3.91. The van der Waals surface area contributed by atoms with Crippen LogP contribution >= 0.6 is 15.9 Å². The molecule has 1 saturated heterocycles. The number of amides is 1. The van der Waals surface area contributed by atoms with E-state index >= 15 is 0 Å². The van der Waals surface area contributed by atoms with Crippen molar-refractivity contribution in [2.45, 2.75) is 37.5 Å². The number of nitrogens with one attached hydrogen (secondary N) is 1. The molecule has 1 saturated carbocycles. The zero-order valence-electron chi connectivity index (χ0n) is 10.4. The van der Waals surface area contributed by atoms with Crippen molar-refractivity contribution in [1.29, 1.82) is 0 Å². The fourth-order valence-electron chi connectivity index (χ4n) is 2.69. The molecule has 104 valence electrons. The van der Waals surface area contributed by atoms with Crippen LogP contribution in [0.15, 0.2) is 21.2 Å². The van der Waals surface area contributed by atoms with Gasteiger partial charge in [-0.15, -0.1) is 0 Å². The van der Waals surface area contributed by atoms with Gasteiger partial charge in [0.25, 0.3) is 5.91 Å². The van der Waals surface area contributed by atoms with Gasteiger partial charge in [0.1, 0.15) is 0 Å². The minimum atomic E-state index is -0.175. The zero-order valence-corrected chi connectivity index (χ0v) is 12.0. The Bertz CT molecular complexity index is 461. The van der Waals surface area contributed by atoms with Crippen LogP contribution in [-0.2, 0) is 9.47 Å². The minimum Gasteiger partial charge on any atom is -0.444 e. The Morgan fingerprint density at radius 3 is 2.74 bits per heavy atom. The summed E-state index contributed by atoms with van der Waals surface area (Å²) in [6, 6.07) is 3.49. The fourth-order valence-corrected chi connectivity index (χ4v) is 3.00. The Balaban J connectivity index is 1.57. The molecule has 0 aromatic carbocycles. The molecule has 3 rings (SSSR count). The van der Waals surface area contributed by atoms with E-state index in [2.05, 4.69) is 21.2 Å². The van der Waals surface area contributed by atoms with E-state index in [1.165, 1.54) is 0 Å². The van der Waals surface area contributed by atoms with Crippen LogP contribution in [-0.4, -0.2) is 37.4 Å². The van der Waals surface area contributed by atoms with E-state index in [-0.39, 0.29) is 24.2 Å². The Morgan fingerprint density at radius 1 is 1.21 bits per heavy atom. The van der Waals surface area contributed by atoms with E-state index in [9.17, 15) is 4.79 Å². The van der Waals surface area contributed by atoms with Gasteiger partial charge < -0.3 is 19.2 Å². The molecule has 2 aliphatic rings. The number of ether oxygens (including phenoxy) is 2. The maximum atomic E-state index is 12.0. The average Bonchev–Trinajstić information content (AvgIpc) is 2.85. The maximum Gasteiger partial charge on any atom is 0.287 e. The molecule has 19 heavy (non-hydrogen) atoms. The van der Waals surface area contributed by atoms with Crippen molar-refractivity contribution in [3.8, 4) is 0 Å². The van der Waals surface area contributed by atoms with Gasteiger partial charge in [-0.2, -0.15) is 0 Å². The molecule has 6 heteroatoms. The SMILES string of the molecule is O=C(N[C@@H]1CC[C@@H]2OCCO[C@H]2C1)c1ccc(Br)o1. The summed E-state index contributed by atoms with van der Waals surface area (Å²) in [6.07, 6.45) is 2.95. The van der Waals surface area contributed by atoms with Crippen LogP contribution < -0.4 is 5.32 Å². The first-order valence-corrected chi connectivity index (χ1v) is 7.31. The first-order chi connectivity index (χ1) is 9.22. The number of fused-ring (bicyclic) bond motifs is 1. The smallest absolute Gasteiger partial charge is 0.287 e. The van der Waals surface area contributed by atoms with Gasteiger partial charge >= 0.3 is 0 Å². The highest BCUT2D eigenvalue weighted by Crippen LogP contribution is 2.27. The molecule has 1 aliphatic carbocycles. The third kappa shape index (κ3) is 3.01. The van der Waals surface area contributed by atoms with Crippen molar-refractivity contribution in [3.05, 3.63) is 22.6 Å². The van der Waals surface area contributed by atoms with Crippen LogP contribution in [0.2, 0.25) is 0 Å². The molecule has 1 N–H and O–H groups in total. The summed E-state index contributed by atoms with van der Waals surface area (Å²) in [6.45, 7) is 1.32. The largest absolute Gasteiger partial charge is 0.444 e. The predicted molar refractivity (Wildman–Crippen MR) is 71.0 cm³/mol. The van der Waals surface area contributed by atoms with Crippen LogP contribution in [0, 0.1) is 0 Å². The molecule has 1 aromatic rings. The van der Waals surface area contributed by atoms with Crippen molar-refractivity contribution >= 4 is 21.8 Å². The third-order valence-corrected chi connectivity index (χ3v) is 4.04. The van der Waals surface area contributed by atoms with Crippen LogP contribution in [0.3, 0.4) is 0 Å². The second kappa shape index (κ2) is 5.64. The quantitative estimate of drug-likeness (QED) is 0.902. The number of halogens is 1. The molecule has 1 amide bonds. The van der Waals surface area contributed by atoms with Crippen molar-refractivity contribution in [1.82, 2.24) is 5.32 Å². The molecule has 0 bridgehead atoms. The normalized spacial score (nSPS) is 30.7. The lowest BCUT2D eigenvalue weighted by Gasteiger charge is -2.38. The van der Waals surface area contributed by atoms with Crippen molar-refractivity contribution in [2.75, 3.05) is 13.2 Å². The number of rotatable bonds is 2. The lowest BCUT2D eigenvalue weighted by molar-refractivity contribution is -0.157. The van der Waals surface area contributed by atoms with Crippen molar-refractivity contribution < 1.29 is 18.7 Å². The maximum absolute atomic E-state index is 12.0. The van der Waals surface area contributed by atoms with Crippen LogP contribution in [0.4, 0.5) is 0 Å². The number of furan rings is 1. The average molecular weight is 330 g/mol. The first-order valence-electron chi connectivity index (χ1n) is 6.52. The first kappa shape index (κ1) is 13.1. The number of hydrogen-bond donors (Lipinski definition) is 1. The molecule has 2 fully saturated rings. The molecule has 3 atom stereocenters. The van der Waals surface area contributed by atoms with E-state index in [0.29, 0.717) is 23.6 Å². The third-order valence-electron chi connectivity index (χ3n) is 3.61. The minimum absolute atomic E-state index is 0.108. The van der Waals surface area contributed by atoms with Crippen molar-refractivity contribution in [3.63, 3.8) is 0 Å². The van der Waals surface area contributed by atoms with Gasteiger partial charge in [-0.1, -0.05) is 0 Å². The highest BCUT2D eigenvalue weighted by Gasteiger charge is 2.34. The Morgan fingerprint density at radius 2 is 2.00 bits per heavy atom. The standard InChI is InChI=1S/C13H16BrNO4/c14-12-4-3-10(19-12)13(16)15-8-1-2-9-11(7-8)18-6-5-17-9/h3-4,8-9,11H,1-2,5-7H2,(H,15,16)/t8-,9+,11+/m1/s1. The fraction of sp³-hybridized carbons (Fsp3) is 0.615. The van der Waals surface area contributed by atoms with Gasteiger partial charge in [0.2, 0.25) is 0 Å². The van der Waals surface area contributed by atoms with Gasteiger partial charge in [0, 0.05) is 6.04 Å². The Labute approximate surface area is 119 Å². The summed E-state index contributed by atoms with van der Waals surface area (Å²) in [5, 5.41) is 2.99. The predicted octanol–water partition coefficient (Wildman–Crippen LogP) is 2.11. The van der Waals surface area contributed by atoms with E-state index in [0.717, 1.165) is 19.3 Å². The summed E-state index contributed by atoms with van der Waals surface area (Å²) in [5.41, 5.74) is 0. The van der Waals surface area contributed by atoms with Gasteiger partial charge in [0.15, 0.2) is 10.4 Å². The molecular weight excluding hydrogens is 314 g/mol. The Hall–Kier alpha value is -0.850. The molecule has 1 aliphatic heterocycles. The van der Waals surface area contributed by atoms with E-state index in [1.54, 1.807) is 12.1 Å². The number of carbonyl (C=O) groups excluding carboxylic acids is 1. The van der Waals surface area contributed by atoms with Crippen LogP contribution in [0.25, 0.3) is 0 Å². The van der Waals surface area contributed by atoms with Gasteiger partial charge in [-0.3, -0.25) is 4.79 Å². The van der Waals surface area contributed by atoms with E-state index in [1.807, 2.05) is 0 Å². The zero-order chi connectivity index (χ0) is 13.2. The second-order valence-corrected chi connectivity index (χ2v) is 5.69. The van der Waals surface area contributed by atoms with Gasteiger partial charge in [-0.25, -0.2) is 0 Å².